The minimum Gasteiger partial charge on any atom is -0.323 e. The van der Waals surface area contributed by atoms with E-state index in [0.29, 0.717) is 0 Å². The van der Waals surface area contributed by atoms with E-state index < -0.39 is 0 Å². The molecule has 0 radical (unpaired) electrons. The van der Waals surface area contributed by atoms with Crippen LogP contribution >= 0.6 is 38.5 Å². The number of hydrogen-bond acceptors (Lipinski definition) is 1. The van der Waals surface area contributed by atoms with Crippen LogP contribution in [-0.4, -0.2) is 5.91 Å². The van der Waals surface area contributed by atoms with Crippen LogP contribution in [0.25, 0.3) is 6.08 Å². The lowest BCUT2D eigenvalue weighted by Crippen LogP contribution is -2.07. The van der Waals surface area contributed by atoms with Crippen molar-refractivity contribution in [1.29, 1.82) is 0 Å². The number of halogens is 2. The highest BCUT2D eigenvalue weighted by atomic mass is 127. The molecule has 2 aromatic rings. The number of hydrogen-bond donors (Lipinski definition) is 1. The zero-order valence-corrected chi connectivity index (χ0v) is 13.7. The van der Waals surface area contributed by atoms with Gasteiger partial charge < -0.3 is 5.32 Å². The van der Waals surface area contributed by atoms with Gasteiger partial charge in [0.2, 0.25) is 5.91 Å². The van der Waals surface area contributed by atoms with E-state index >= 15 is 0 Å². The molecule has 0 aromatic heterocycles. The first-order valence-electron chi connectivity index (χ1n) is 5.64. The number of benzene rings is 2. The van der Waals surface area contributed by atoms with Gasteiger partial charge in [0.15, 0.2) is 0 Å². The largest absolute Gasteiger partial charge is 0.323 e. The SMILES string of the molecule is O=C(/C=C/c1ccc(Br)cc1)Nc1ccc(I)cc1. The molecule has 1 amide bonds. The molecular formula is C15H11BrINO. The van der Waals surface area contributed by atoms with Crippen molar-refractivity contribution in [1.82, 2.24) is 0 Å². The Labute approximate surface area is 134 Å². The smallest absolute Gasteiger partial charge is 0.248 e. The molecule has 0 saturated carbocycles. The zero-order valence-electron chi connectivity index (χ0n) is 9.94. The first-order valence-corrected chi connectivity index (χ1v) is 7.51. The maximum atomic E-state index is 11.7. The topological polar surface area (TPSA) is 29.1 Å². The fraction of sp³-hybridized carbons (Fsp3) is 0. The van der Waals surface area contributed by atoms with Crippen molar-refractivity contribution in [3.8, 4) is 0 Å². The summed E-state index contributed by atoms with van der Waals surface area (Å²) in [5.41, 5.74) is 1.78. The van der Waals surface area contributed by atoms with E-state index in [1.54, 1.807) is 6.08 Å². The highest BCUT2D eigenvalue weighted by molar-refractivity contribution is 14.1. The summed E-state index contributed by atoms with van der Waals surface area (Å²) in [7, 11) is 0. The van der Waals surface area contributed by atoms with Gasteiger partial charge in [0.1, 0.15) is 0 Å². The van der Waals surface area contributed by atoms with Gasteiger partial charge in [0.05, 0.1) is 0 Å². The predicted octanol–water partition coefficient (Wildman–Crippen LogP) is 4.71. The van der Waals surface area contributed by atoms with Crippen LogP contribution in [0, 0.1) is 3.57 Å². The normalized spacial score (nSPS) is 10.6. The van der Waals surface area contributed by atoms with Crippen LogP contribution in [0.4, 0.5) is 5.69 Å². The summed E-state index contributed by atoms with van der Waals surface area (Å²) in [4.78, 5) is 11.7. The summed E-state index contributed by atoms with van der Waals surface area (Å²) >= 11 is 5.60. The molecule has 0 aliphatic heterocycles. The summed E-state index contributed by atoms with van der Waals surface area (Å²) in [6.07, 6.45) is 3.32. The Hall–Kier alpha value is -1.14. The molecular weight excluding hydrogens is 417 g/mol. The van der Waals surface area contributed by atoms with Crippen LogP contribution < -0.4 is 5.32 Å². The lowest BCUT2D eigenvalue weighted by Gasteiger charge is -2.01. The van der Waals surface area contributed by atoms with Gasteiger partial charge in [-0.25, -0.2) is 0 Å². The number of carbonyl (C=O) groups is 1. The Bertz CT molecular complexity index is 591. The Morgan fingerprint density at radius 3 is 2.32 bits per heavy atom. The second-order valence-corrected chi connectivity index (χ2v) is 6.04. The van der Waals surface area contributed by atoms with Crippen LogP contribution in [0.3, 0.4) is 0 Å². The quantitative estimate of drug-likeness (QED) is 0.558. The number of carbonyl (C=O) groups excluding carboxylic acids is 1. The average molecular weight is 428 g/mol. The third-order valence-electron chi connectivity index (χ3n) is 2.41. The highest BCUT2D eigenvalue weighted by Gasteiger charge is 1.97. The third-order valence-corrected chi connectivity index (χ3v) is 3.66. The van der Waals surface area contributed by atoms with Gasteiger partial charge in [-0.3, -0.25) is 4.79 Å². The third kappa shape index (κ3) is 4.80. The maximum Gasteiger partial charge on any atom is 0.248 e. The summed E-state index contributed by atoms with van der Waals surface area (Å²) in [5.74, 6) is -0.135. The summed E-state index contributed by atoms with van der Waals surface area (Å²) < 4.78 is 2.16. The molecule has 0 heterocycles. The van der Waals surface area contributed by atoms with Gasteiger partial charge in [-0.2, -0.15) is 0 Å². The Kier molecular flexibility index (Phi) is 5.15. The molecule has 0 fully saturated rings. The fourth-order valence-corrected chi connectivity index (χ4v) is 2.09. The van der Waals surface area contributed by atoms with Crippen LogP contribution in [-0.2, 0) is 4.79 Å². The lowest BCUT2D eigenvalue weighted by atomic mass is 10.2. The van der Waals surface area contributed by atoms with E-state index in [0.717, 1.165) is 19.3 Å². The minimum atomic E-state index is -0.135. The van der Waals surface area contributed by atoms with Crippen LogP contribution in [0.1, 0.15) is 5.56 Å². The Balaban J connectivity index is 1.97. The first-order chi connectivity index (χ1) is 9.13. The van der Waals surface area contributed by atoms with E-state index in [4.69, 9.17) is 0 Å². The summed E-state index contributed by atoms with van der Waals surface area (Å²) in [5, 5.41) is 2.81. The van der Waals surface area contributed by atoms with Gasteiger partial charge in [0.25, 0.3) is 0 Å². The van der Waals surface area contributed by atoms with E-state index in [1.165, 1.54) is 6.08 Å². The van der Waals surface area contributed by atoms with E-state index in [9.17, 15) is 4.79 Å². The number of amides is 1. The molecule has 0 aliphatic rings. The van der Waals surface area contributed by atoms with E-state index in [2.05, 4.69) is 43.8 Å². The van der Waals surface area contributed by atoms with Gasteiger partial charge in [-0.15, -0.1) is 0 Å². The van der Waals surface area contributed by atoms with Crippen molar-refractivity contribution in [3.63, 3.8) is 0 Å². The van der Waals surface area contributed by atoms with Crippen molar-refractivity contribution >= 4 is 56.2 Å². The highest BCUT2D eigenvalue weighted by Crippen LogP contribution is 2.13. The van der Waals surface area contributed by atoms with Gasteiger partial charge in [-0.1, -0.05) is 28.1 Å². The molecule has 2 aromatic carbocycles. The summed E-state index contributed by atoms with van der Waals surface area (Å²) in [6.45, 7) is 0. The number of nitrogens with one attached hydrogen (secondary N) is 1. The van der Waals surface area contributed by atoms with Crippen molar-refractivity contribution in [2.45, 2.75) is 0 Å². The first kappa shape index (κ1) is 14.3. The number of rotatable bonds is 3. The second kappa shape index (κ2) is 6.86. The van der Waals surface area contributed by atoms with Crippen LogP contribution in [0.15, 0.2) is 59.1 Å². The Morgan fingerprint density at radius 1 is 1.05 bits per heavy atom. The van der Waals surface area contributed by atoms with Crippen LogP contribution in [0.5, 0.6) is 0 Å². The Morgan fingerprint density at radius 2 is 1.68 bits per heavy atom. The van der Waals surface area contributed by atoms with Crippen molar-refractivity contribution in [2.75, 3.05) is 5.32 Å². The molecule has 19 heavy (non-hydrogen) atoms. The fourth-order valence-electron chi connectivity index (χ4n) is 1.46. The van der Waals surface area contributed by atoms with Gasteiger partial charge >= 0.3 is 0 Å². The van der Waals surface area contributed by atoms with Gasteiger partial charge in [0, 0.05) is 19.8 Å². The molecule has 0 bridgehead atoms. The molecule has 0 atom stereocenters. The molecule has 2 rings (SSSR count). The molecule has 1 N–H and O–H groups in total. The zero-order chi connectivity index (χ0) is 13.7. The molecule has 96 valence electrons. The second-order valence-electron chi connectivity index (χ2n) is 3.88. The predicted molar refractivity (Wildman–Crippen MR) is 91.0 cm³/mol. The average Bonchev–Trinajstić information content (AvgIpc) is 2.41. The monoisotopic (exact) mass is 427 g/mol. The number of anilines is 1. The van der Waals surface area contributed by atoms with E-state index in [1.807, 2.05) is 48.5 Å². The van der Waals surface area contributed by atoms with Crippen molar-refractivity contribution < 1.29 is 4.79 Å². The summed E-state index contributed by atoms with van der Waals surface area (Å²) in [6, 6.07) is 15.4. The van der Waals surface area contributed by atoms with E-state index in [-0.39, 0.29) is 5.91 Å². The molecule has 4 heteroatoms. The van der Waals surface area contributed by atoms with Crippen molar-refractivity contribution in [3.05, 3.63) is 68.2 Å². The molecule has 2 nitrogen and oxygen atoms in total. The minimum absolute atomic E-state index is 0.135. The maximum absolute atomic E-state index is 11.7. The van der Waals surface area contributed by atoms with Crippen LogP contribution in [0.2, 0.25) is 0 Å². The van der Waals surface area contributed by atoms with Gasteiger partial charge in [-0.05, 0) is 70.6 Å². The standard InChI is InChI=1S/C15H11BrINO/c16-12-4-1-11(2-5-12)3-10-15(19)18-14-8-6-13(17)7-9-14/h1-10H,(H,18,19)/b10-3+. The van der Waals surface area contributed by atoms with Crippen molar-refractivity contribution in [2.24, 2.45) is 0 Å². The molecule has 0 spiro atoms. The molecule has 0 saturated heterocycles. The lowest BCUT2D eigenvalue weighted by molar-refractivity contribution is -0.111. The molecule has 0 aliphatic carbocycles. The molecule has 0 unspecified atom stereocenters.